The molecule has 2 N–H and O–H groups in total. The highest BCUT2D eigenvalue weighted by molar-refractivity contribution is 5.56. The van der Waals surface area contributed by atoms with Crippen LogP contribution in [0, 0.1) is 12.7 Å². The van der Waals surface area contributed by atoms with Crippen molar-refractivity contribution < 1.29 is 17.6 Å². The van der Waals surface area contributed by atoms with E-state index in [0.717, 1.165) is 0 Å². The maximum atomic E-state index is 13.5. The van der Waals surface area contributed by atoms with Gasteiger partial charge in [0.15, 0.2) is 0 Å². The van der Waals surface area contributed by atoms with Crippen LogP contribution in [0.25, 0.3) is 0 Å². The molecule has 0 unspecified atom stereocenters. The second kappa shape index (κ2) is 5.77. The van der Waals surface area contributed by atoms with Crippen molar-refractivity contribution in [3.05, 3.63) is 29.1 Å². The number of halogens is 4. The van der Waals surface area contributed by atoms with E-state index in [0.29, 0.717) is 16.8 Å². The number of nitrogens with two attached hydrogens (primary N) is 1. The highest BCUT2D eigenvalue weighted by atomic mass is 19.4. The van der Waals surface area contributed by atoms with Gasteiger partial charge in [0.05, 0.1) is 6.42 Å². The Morgan fingerprint density at radius 2 is 1.89 bits per heavy atom. The summed E-state index contributed by atoms with van der Waals surface area (Å²) in [7, 11) is 1.55. The molecule has 0 bridgehead atoms. The molecule has 0 aliphatic rings. The molecule has 0 aromatic heterocycles. The number of benzene rings is 1. The van der Waals surface area contributed by atoms with Gasteiger partial charge in [-0.05, 0) is 37.1 Å². The predicted octanol–water partition coefficient (Wildman–Crippen LogP) is 3.54. The SMILES string of the molecule is Cc1cc(N(C)CCC(F)(F)F)c([C@H](C)N)cc1F. The Morgan fingerprint density at radius 1 is 1.32 bits per heavy atom. The molecule has 108 valence electrons. The first kappa shape index (κ1) is 15.8. The molecule has 0 spiro atoms. The normalized spacial score (nSPS) is 13.5. The van der Waals surface area contributed by atoms with Crippen LogP contribution in [-0.4, -0.2) is 19.8 Å². The Labute approximate surface area is 110 Å². The minimum atomic E-state index is -4.21. The van der Waals surface area contributed by atoms with E-state index in [-0.39, 0.29) is 6.54 Å². The molecule has 2 nitrogen and oxygen atoms in total. The van der Waals surface area contributed by atoms with E-state index >= 15 is 0 Å². The quantitative estimate of drug-likeness (QED) is 0.853. The van der Waals surface area contributed by atoms with Crippen LogP contribution in [0.4, 0.5) is 23.2 Å². The lowest BCUT2D eigenvalue weighted by molar-refractivity contribution is -0.132. The average molecular weight is 278 g/mol. The molecule has 1 atom stereocenters. The molecule has 0 fully saturated rings. The minimum absolute atomic E-state index is 0.186. The Hall–Kier alpha value is -1.30. The highest BCUT2D eigenvalue weighted by Gasteiger charge is 2.27. The summed E-state index contributed by atoms with van der Waals surface area (Å²) < 4.78 is 50.2. The van der Waals surface area contributed by atoms with Crippen molar-refractivity contribution in [3.63, 3.8) is 0 Å². The van der Waals surface area contributed by atoms with Gasteiger partial charge in [0.25, 0.3) is 0 Å². The van der Waals surface area contributed by atoms with Crippen LogP contribution in [0.3, 0.4) is 0 Å². The van der Waals surface area contributed by atoms with E-state index in [1.54, 1.807) is 20.9 Å². The van der Waals surface area contributed by atoms with Crippen LogP contribution < -0.4 is 10.6 Å². The van der Waals surface area contributed by atoms with Crippen LogP contribution in [0.5, 0.6) is 0 Å². The number of aryl methyl sites for hydroxylation is 1. The Bertz CT molecular complexity index is 441. The van der Waals surface area contributed by atoms with E-state index in [1.807, 2.05) is 0 Å². The van der Waals surface area contributed by atoms with Gasteiger partial charge in [-0.1, -0.05) is 0 Å². The molecule has 0 saturated carbocycles. The number of nitrogens with zero attached hydrogens (tertiary/aromatic N) is 1. The molecule has 1 aromatic rings. The van der Waals surface area contributed by atoms with Crippen molar-refractivity contribution in [3.8, 4) is 0 Å². The van der Waals surface area contributed by atoms with Crippen LogP contribution in [0.2, 0.25) is 0 Å². The van der Waals surface area contributed by atoms with Gasteiger partial charge in [-0.3, -0.25) is 0 Å². The summed E-state index contributed by atoms with van der Waals surface area (Å²) in [4.78, 5) is 1.46. The van der Waals surface area contributed by atoms with Crippen molar-refractivity contribution >= 4 is 5.69 Å². The lowest BCUT2D eigenvalue weighted by Crippen LogP contribution is -2.26. The molecule has 0 heterocycles. The van der Waals surface area contributed by atoms with Gasteiger partial charge in [0, 0.05) is 25.3 Å². The van der Waals surface area contributed by atoms with Crippen molar-refractivity contribution in [1.29, 1.82) is 0 Å². The third-order valence-corrected chi connectivity index (χ3v) is 2.94. The van der Waals surface area contributed by atoms with Gasteiger partial charge >= 0.3 is 6.18 Å². The molecule has 0 amide bonds. The van der Waals surface area contributed by atoms with Crippen molar-refractivity contribution in [2.75, 3.05) is 18.5 Å². The average Bonchev–Trinajstić information content (AvgIpc) is 2.27. The Kier molecular flexibility index (Phi) is 4.79. The summed E-state index contributed by atoms with van der Waals surface area (Å²) in [6.07, 6.45) is -5.13. The molecule has 0 aliphatic carbocycles. The van der Waals surface area contributed by atoms with E-state index in [9.17, 15) is 17.6 Å². The molecule has 1 rings (SSSR count). The summed E-state index contributed by atoms with van der Waals surface area (Å²) in [5.74, 6) is -0.403. The first-order valence-corrected chi connectivity index (χ1v) is 5.95. The lowest BCUT2D eigenvalue weighted by Gasteiger charge is -2.25. The van der Waals surface area contributed by atoms with Crippen LogP contribution in [-0.2, 0) is 0 Å². The summed E-state index contributed by atoms with van der Waals surface area (Å²) in [6, 6.07) is 2.38. The van der Waals surface area contributed by atoms with E-state index in [1.165, 1.54) is 17.0 Å². The summed E-state index contributed by atoms with van der Waals surface area (Å²) in [5.41, 5.74) is 7.17. The zero-order valence-corrected chi connectivity index (χ0v) is 11.2. The van der Waals surface area contributed by atoms with E-state index in [2.05, 4.69) is 0 Å². The molecule has 0 radical (unpaired) electrons. The second-order valence-electron chi connectivity index (χ2n) is 4.74. The van der Waals surface area contributed by atoms with Gasteiger partial charge in [-0.25, -0.2) is 4.39 Å². The second-order valence-corrected chi connectivity index (χ2v) is 4.74. The summed E-state index contributed by atoms with van der Waals surface area (Å²) in [5, 5.41) is 0. The summed E-state index contributed by atoms with van der Waals surface area (Å²) >= 11 is 0. The van der Waals surface area contributed by atoms with Gasteiger partial charge < -0.3 is 10.6 Å². The number of hydrogen-bond acceptors (Lipinski definition) is 2. The smallest absolute Gasteiger partial charge is 0.374 e. The topological polar surface area (TPSA) is 29.3 Å². The van der Waals surface area contributed by atoms with E-state index < -0.39 is 24.5 Å². The fraction of sp³-hybridized carbons (Fsp3) is 0.538. The molecule has 0 saturated heterocycles. The van der Waals surface area contributed by atoms with Gasteiger partial charge in [0.2, 0.25) is 0 Å². The predicted molar refractivity (Wildman–Crippen MR) is 67.7 cm³/mol. The fourth-order valence-electron chi connectivity index (χ4n) is 1.79. The highest BCUT2D eigenvalue weighted by Crippen LogP contribution is 2.29. The Morgan fingerprint density at radius 3 is 2.37 bits per heavy atom. The number of alkyl halides is 3. The van der Waals surface area contributed by atoms with Crippen LogP contribution >= 0.6 is 0 Å². The van der Waals surface area contributed by atoms with Gasteiger partial charge in [0.1, 0.15) is 5.82 Å². The molecule has 6 heteroatoms. The maximum absolute atomic E-state index is 13.5. The van der Waals surface area contributed by atoms with E-state index in [4.69, 9.17) is 5.73 Å². The summed E-state index contributed by atoms with van der Waals surface area (Å²) in [6.45, 7) is 3.06. The minimum Gasteiger partial charge on any atom is -0.374 e. The first-order chi connectivity index (χ1) is 8.61. The number of hydrogen-bond donors (Lipinski definition) is 1. The molecule has 19 heavy (non-hydrogen) atoms. The van der Waals surface area contributed by atoms with Crippen molar-refractivity contribution in [2.45, 2.75) is 32.5 Å². The van der Waals surface area contributed by atoms with Crippen LogP contribution in [0.15, 0.2) is 12.1 Å². The van der Waals surface area contributed by atoms with Gasteiger partial charge in [-0.15, -0.1) is 0 Å². The fourth-order valence-corrected chi connectivity index (χ4v) is 1.79. The van der Waals surface area contributed by atoms with Gasteiger partial charge in [-0.2, -0.15) is 13.2 Å². The third kappa shape index (κ3) is 4.38. The molecule has 0 aliphatic heterocycles. The number of rotatable bonds is 4. The van der Waals surface area contributed by atoms with Crippen LogP contribution in [0.1, 0.15) is 30.5 Å². The third-order valence-electron chi connectivity index (χ3n) is 2.94. The largest absolute Gasteiger partial charge is 0.390 e. The Balaban J connectivity index is 3.01. The maximum Gasteiger partial charge on any atom is 0.390 e. The first-order valence-electron chi connectivity index (χ1n) is 5.95. The molecule has 1 aromatic carbocycles. The monoisotopic (exact) mass is 278 g/mol. The lowest BCUT2D eigenvalue weighted by atomic mass is 10.0. The molecular formula is C13H18F4N2. The zero-order valence-electron chi connectivity index (χ0n) is 11.2. The zero-order chi connectivity index (χ0) is 14.8. The van der Waals surface area contributed by atoms with Crippen molar-refractivity contribution in [2.24, 2.45) is 5.73 Å². The number of anilines is 1. The molecular weight excluding hydrogens is 260 g/mol. The standard InChI is InChI=1S/C13H18F4N2/c1-8-6-12(10(9(2)18)7-11(8)14)19(3)5-4-13(15,16)17/h6-7,9H,4-5,18H2,1-3H3/t9-/m0/s1. The van der Waals surface area contributed by atoms with Crippen molar-refractivity contribution in [1.82, 2.24) is 0 Å².